The molecule has 1 heterocycles. The van der Waals surface area contributed by atoms with Crippen molar-refractivity contribution in [2.24, 2.45) is 0 Å². The van der Waals surface area contributed by atoms with Crippen molar-refractivity contribution in [1.29, 1.82) is 0 Å². The minimum Gasteiger partial charge on any atom is -0.375 e. The largest absolute Gasteiger partial charge is 0.375 e. The molecule has 1 saturated heterocycles. The predicted octanol–water partition coefficient (Wildman–Crippen LogP) is 1.69. The molecule has 5 heteroatoms. The number of halogens is 2. The fourth-order valence-electron chi connectivity index (χ4n) is 2.07. The third-order valence-electron chi connectivity index (χ3n) is 2.81. The van der Waals surface area contributed by atoms with Crippen LogP contribution in [0.25, 0.3) is 0 Å². The van der Waals surface area contributed by atoms with E-state index in [1.165, 1.54) is 0 Å². The summed E-state index contributed by atoms with van der Waals surface area (Å²) in [4.78, 5) is 1.58. The maximum atomic E-state index is 13.9. The van der Waals surface area contributed by atoms with E-state index in [9.17, 15) is 8.78 Å². The number of hydrogen-bond acceptors (Lipinski definition) is 3. The van der Waals surface area contributed by atoms with Crippen LogP contribution in [0.3, 0.4) is 0 Å². The number of nitrogens with zero attached hydrogens (tertiary/aromatic N) is 1. The molecule has 0 radical (unpaired) electrons. The number of hydrogen-bond donors (Lipinski definition) is 1. The highest BCUT2D eigenvalue weighted by molar-refractivity contribution is 5.55. The molecular formula is C12H16F2N2O. The Morgan fingerprint density at radius 2 is 2.00 bits per heavy atom. The monoisotopic (exact) mass is 242 g/mol. The van der Waals surface area contributed by atoms with E-state index < -0.39 is 17.7 Å². The SMILES string of the molecule is CN(C)c1c(F)ccc(F)c1C1CNCCO1. The second-order valence-electron chi connectivity index (χ2n) is 4.25. The van der Waals surface area contributed by atoms with Gasteiger partial charge >= 0.3 is 0 Å². The molecule has 3 nitrogen and oxygen atoms in total. The zero-order valence-corrected chi connectivity index (χ0v) is 9.96. The van der Waals surface area contributed by atoms with E-state index >= 15 is 0 Å². The fourth-order valence-corrected chi connectivity index (χ4v) is 2.07. The quantitative estimate of drug-likeness (QED) is 0.854. The molecule has 0 aliphatic carbocycles. The van der Waals surface area contributed by atoms with Gasteiger partial charge in [0.2, 0.25) is 0 Å². The average Bonchev–Trinajstić information content (AvgIpc) is 2.32. The molecule has 0 saturated carbocycles. The minimum absolute atomic E-state index is 0.263. The highest BCUT2D eigenvalue weighted by Gasteiger charge is 2.25. The van der Waals surface area contributed by atoms with Crippen molar-refractivity contribution in [2.45, 2.75) is 6.10 Å². The molecule has 1 unspecified atom stereocenters. The van der Waals surface area contributed by atoms with Gasteiger partial charge in [0.05, 0.1) is 18.4 Å². The molecule has 94 valence electrons. The molecule has 1 aliphatic rings. The van der Waals surface area contributed by atoms with E-state index in [2.05, 4.69) is 5.32 Å². The summed E-state index contributed by atoms with van der Waals surface area (Å²) in [6.07, 6.45) is -0.433. The summed E-state index contributed by atoms with van der Waals surface area (Å²) in [7, 11) is 3.38. The van der Waals surface area contributed by atoms with Crippen LogP contribution in [0, 0.1) is 11.6 Å². The topological polar surface area (TPSA) is 24.5 Å². The van der Waals surface area contributed by atoms with Gasteiger partial charge in [-0.2, -0.15) is 0 Å². The standard InChI is InChI=1S/C12H16F2N2O/c1-16(2)12-9(14)4-3-8(13)11(12)10-7-15-5-6-17-10/h3-4,10,15H,5-7H2,1-2H3. The molecular weight excluding hydrogens is 226 g/mol. The molecule has 0 amide bonds. The Bertz CT molecular complexity index is 404. The smallest absolute Gasteiger partial charge is 0.147 e. The van der Waals surface area contributed by atoms with Gasteiger partial charge in [-0.05, 0) is 12.1 Å². The zero-order chi connectivity index (χ0) is 12.4. The van der Waals surface area contributed by atoms with Crippen LogP contribution in [0.5, 0.6) is 0 Å². The van der Waals surface area contributed by atoms with Gasteiger partial charge in [-0.25, -0.2) is 8.78 Å². The Hall–Kier alpha value is -1.20. The molecule has 0 aromatic heterocycles. The summed E-state index contributed by atoms with van der Waals surface area (Å²) < 4.78 is 33.1. The van der Waals surface area contributed by atoms with Crippen LogP contribution in [0.2, 0.25) is 0 Å². The van der Waals surface area contributed by atoms with Gasteiger partial charge in [0.15, 0.2) is 0 Å². The van der Waals surface area contributed by atoms with Crippen LogP contribution < -0.4 is 10.2 Å². The van der Waals surface area contributed by atoms with Crippen LogP contribution in [0.4, 0.5) is 14.5 Å². The van der Waals surface area contributed by atoms with E-state index in [0.717, 1.165) is 18.7 Å². The van der Waals surface area contributed by atoms with Gasteiger partial charge in [0.25, 0.3) is 0 Å². The Morgan fingerprint density at radius 3 is 2.59 bits per heavy atom. The summed E-state index contributed by atoms with van der Waals surface area (Å²) in [5.41, 5.74) is 0.556. The summed E-state index contributed by atoms with van der Waals surface area (Å²) in [6, 6.07) is 2.29. The Morgan fingerprint density at radius 1 is 1.29 bits per heavy atom. The van der Waals surface area contributed by atoms with Crippen LogP contribution in [0.15, 0.2) is 12.1 Å². The number of rotatable bonds is 2. The van der Waals surface area contributed by atoms with E-state index in [-0.39, 0.29) is 5.69 Å². The molecule has 1 N–H and O–H groups in total. The number of ether oxygens (including phenoxy) is 1. The first kappa shape index (κ1) is 12.3. The maximum Gasteiger partial charge on any atom is 0.147 e. The van der Waals surface area contributed by atoms with Crippen molar-refractivity contribution in [1.82, 2.24) is 5.32 Å². The van der Waals surface area contributed by atoms with Crippen LogP contribution in [-0.2, 0) is 4.74 Å². The first-order chi connectivity index (χ1) is 8.11. The normalized spacial score (nSPS) is 20.4. The van der Waals surface area contributed by atoms with Crippen molar-refractivity contribution in [3.05, 3.63) is 29.3 Å². The molecule has 1 aromatic rings. The first-order valence-electron chi connectivity index (χ1n) is 5.59. The Labute approximate surface area is 99.4 Å². The van der Waals surface area contributed by atoms with Crippen molar-refractivity contribution in [3.8, 4) is 0 Å². The first-order valence-corrected chi connectivity index (χ1v) is 5.59. The van der Waals surface area contributed by atoms with Crippen molar-refractivity contribution < 1.29 is 13.5 Å². The third kappa shape index (κ3) is 2.40. The molecule has 0 bridgehead atoms. The minimum atomic E-state index is -0.433. The van der Waals surface area contributed by atoms with Gasteiger partial charge in [0, 0.05) is 32.7 Å². The van der Waals surface area contributed by atoms with Crippen LogP contribution in [-0.4, -0.2) is 33.8 Å². The molecule has 1 fully saturated rings. The Balaban J connectivity index is 2.45. The zero-order valence-electron chi connectivity index (χ0n) is 9.96. The summed E-state index contributed by atoms with van der Waals surface area (Å²) in [6.45, 7) is 1.75. The van der Waals surface area contributed by atoms with Gasteiger partial charge in [-0.3, -0.25) is 0 Å². The lowest BCUT2D eigenvalue weighted by Crippen LogP contribution is -2.34. The summed E-state index contributed by atoms with van der Waals surface area (Å²) >= 11 is 0. The highest BCUT2D eigenvalue weighted by Crippen LogP contribution is 2.33. The van der Waals surface area contributed by atoms with Crippen molar-refractivity contribution in [2.75, 3.05) is 38.7 Å². The van der Waals surface area contributed by atoms with Gasteiger partial charge in [-0.1, -0.05) is 0 Å². The van der Waals surface area contributed by atoms with Gasteiger partial charge < -0.3 is 15.0 Å². The Kier molecular flexibility index (Phi) is 3.59. The van der Waals surface area contributed by atoms with Crippen LogP contribution >= 0.6 is 0 Å². The fraction of sp³-hybridized carbons (Fsp3) is 0.500. The number of benzene rings is 1. The van der Waals surface area contributed by atoms with Crippen molar-refractivity contribution in [3.63, 3.8) is 0 Å². The molecule has 1 aromatic carbocycles. The maximum absolute atomic E-state index is 13.9. The molecule has 0 spiro atoms. The lowest BCUT2D eigenvalue weighted by atomic mass is 10.0. The third-order valence-corrected chi connectivity index (χ3v) is 2.81. The van der Waals surface area contributed by atoms with Crippen molar-refractivity contribution >= 4 is 5.69 Å². The van der Waals surface area contributed by atoms with Crippen LogP contribution in [0.1, 0.15) is 11.7 Å². The highest BCUT2D eigenvalue weighted by atomic mass is 19.1. The van der Waals surface area contributed by atoms with E-state index in [4.69, 9.17) is 4.74 Å². The predicted molar refractivity (Wildman–Crippen MR) is 62.2 cm³/mol. The number of anilines is 1. The molecule has 17 heavy (non-hydrogen) atoms. The summed E-state index contributed by atoms with van der Waals surface area (Å²) in [5.74, 6) is -0.857. The number of nitrogens with one attached hydrogen (secondary N) is 1. The van der Waals surface area contributed by atoms with E-state index in [0.29, 0.717) is 18.7 Å². The van der Waals surface area contributed by atoms with E-state index in [1.54, 1.807) is 19.0 Å². The second kappa shape index (κ2) is 4.98. The lowest BCUT2D eigenvalue weighted by Gasteiger charge is -2.28. The average molecular weight is 242 g/mol. The lowest BCUT2D eigenvalue weighted by molar-refractivity contribution is 0.0257. The van der Waals surface area contributed by atoms with E-state index in [1.807, 2.05) is 0 Å². The number of morpholine rings is 1. The second-order valence-corrected chi connectivity index (χ2v) is 4.25. The van der Waals surface area contributed by atoms with Gasteiger partial charge in [-0.15, -0.1) is 0 Å². The van der Waals surface area contributed by atoms with Gasteiger partial charge in [0.1, 0.15) is 11.6 Å². The molecule has 2 rings (SSSR count). The molecule has 1 aliphatic heterocycles. The molecule has 1 atom stereocenters. The summed E-state index contributed by atoms with van der Waals surface area (Å²) in [5, 5.41) is 3.11.